The lowest BCUT2D eigenvalue weighted by molar-refractivity contribution is 0.0170. The smallest absolute Gasteiger partial charge is 0.191 e. The lowest BCUT2D eigenvalue weighted by atomic mass is 10.0. The molecular weight excluding hydrogens is 368 g/mol. The van der Waals surface area contributed by atoms with Gasteiger partial charge in [-0.05, 0) is 23.9 Å². The van der Waals surface area contributed by atoms with Crippen LogP contribution < -0.4 is 10.6 Å². The highest BCUT2D eigenvalue weighted by Crippen LogP contribution is 2.22. The fraction of sp³-hybridized carbons (Fsp3) is 0.500. The van der Waals surface area contributed by atoms with Crippen LogP contribution in [0.15, 0.2) is 46.8 Å². The second-order valence-electron chi connectivity index (χ2n) is 7.33. The molecule has 1 aromatic heterocycles. The standard InChI is InChI=1S/C22H32N4OS/c1-17-6-4-7-19(14-17)20(26-9-11-27-12-10-26)16-25-22(23-3)24-15-18(2)21-8-5-13-28-21/h4-8,13-14,18,20H,9-12,15-16H2,1-3H3,(H2,23,24,25). The highest BCUT2D eigenvalue weighted by atomic mass is 32.1. The van der Waals surface area contributed by atoms with Gasteiger partial charge in [0, 0.05) is 44.0 Å². The number of nitrogens with zero attached hydrogens (tertiary/aromatic N) is 2. The normalized spacial score (nSPS) is 17.9. The quantitative estimate of drug-likeness (QED) is 0.552. The molecule has 0 saturated carbocycles. The van der Waals surface area contributed by atoms with Crippen molar-refractivity contribution in [2.24, 2.45) is 4.99 Å². The van der Waals surface area contributed by atoms with Gasteiger partial charge >= 0.3 is 0 Å². The van der Waals surface area contributed by atoms with E-state index in [4.69, 9.17) is 4.74 Å². The van der Waals surface area contributed by atoms with Gasteiger partial charge in [-0.25, -0.2) is 0 Å². The van der Waals surface area contributed by atoms with Gasteiger partial charge in [-0.3, -0.25) is 9.89 Å². The molecule has 1 fully saturated rings. The van der Waals surface area contributed by atoms with E-state index in [1.807, 2.05) is 18.4 Å². The van der Waals surface area contributed by atoms with Crippen LogP contribution in [-0.4, -0.2) is 57.3 Å². The lowest BCUT2D eigenvalue weighted by Gasteiger charge is -2.35. The average Bonchev–Trinajstić information content (AvgIpc) is 3.26. The third-order valence-electron chi connectivity index (χ3n) is 5.20. The summed E-state index contributed by atoms with van der Waals surface area (Å²) in [5, 5.41) is 9.16. The monoisotopic (exact) mass is 400 g/mol. The second kappa shape index (κ2) is 10.6. The minimum Gasteiger partial charge on any atom is -0.379 e. The Hall–Kier alpha value is -1.89. The molecule has 0 amide bonds. The molecule has 1 aromatic carbocycles. The molecule has 1 saturated heterocycles. The SMILES string of the molecule is CN=C(NCC(C)c1cccs1)NCC(c1cccc(C)c1)N1CCOCC1. The average molecular weight is 401 g/mol. The van der Waals surface area contributed by atoms with Crippen molar-refractivity contribution in [2.75, 3.05) is 46.4 Å². The molecule has 3 rings (SSSR count). The Bertz CT molecular complexity index is 741. The number of hydrogen-bond donors (Lipinski definition) is 2. The summed E-state index contributed by atoms with van der Waals surface area (Å²) in [6, 6.07) is 13.4. The van der Waals surface area contributed by atoms with E-state index in [0.29, 0.717) is 12.0 Å². The van der Waals surface area contributed by atoms with Crippen LogP contribution in [0.1, 0.15) is 34.9 Å². The Balaban J connectivity index is 1.61. The van der Waals surface area contributed by atoms with E-state index >= 15 is 0 Å². The van der Waals surface area contributed by atoms with Crippen molar-refractivity contribution in [1.29, 1.82) is 0 Å². The van der Waals surface area contributed by atoms with Crippen molar-refractivity contribution < 1.29 is 4.74 Å². The summed E-state index contributed by atoms with van der Waals surface area (Å²) in [4.78, 5) is 8.33. The number of ether oxygens (including phenoxy) is 1. The number of aliphatic imine (C=N–C) groups is 1. The Morgan fingerprint density at radius 1 is 1.18 bits per heavy atom. The summed E-state index contributed by atoms with van der Waals surface area (Å²) in [6.45, 7) is 9.60. The molecule has 2 aromatic rings. The molecule has 28 heavy (non-hydrogen) atoms. The van der Waals surface area contributed by atoms with Crippen molar-refractivity contribution in [2.45, 2.75) is 25.8 Å². The zero-order valence-corrected chi connectivity index (χ0v) is 18.0. The van der Waals surface area contributed by atoms with Gasteiger partial charge in [-0.15, -0.1) is 11.3 Å². The van der Waals surface area contributed by atoms with Crippen LogP contribution in [0.25, 0.3) is 0 Å². The van der Waals surface area contributed by atoms with E-state index in [9.17, 15) is 0 Å². The van der Waals surface area contributed by atoms with E-state index in [0.717, 1.165) is 45.4 Å². The van der Waals surface area contributed by atoms with E-state index in [1.165, 1.54) is 16.0 Å². The van der Waals surface area contributed by atoms with E-state index in [-0.39, 0.29) is 0 Å². The third kappa shape index (κ3) is 5.80. The van der Waals surface area contributed by atoms with E-state index in [1.54, 1.807) is 0 Å². The number of benzene rings is 1. The predicted molar refractivity (Wildman–Crippen MR) is 118 cm³/mol. The highest BCUT2D eigenvalue weighted by Gasteiger charge is 2.23. The molecule has 0 spiro atoms. The molecular formula is C22H32N4OS. The van der Waals surface area contributed by atoms with Gasteiger partial charge in [-0.1, -0.05) is 42.8 Å². The number of aryl methyl sites for hydroxylation is 1. The molecule has 1 aliphatic rings. The molecule has 0 bridgehead atoms. The molecule has 2 unspecified atom stereocenters. The molecule has 5 nitrogen and oxygen atoms in total. The zero-order valence-electron chi connectivity index (χ0n) is 17.1. The van der Waals surface area contributed by atoms with Crippen molar-refractivity contribution in [3.8, 4) is 0 Å². The number of thiophene rings is 1. The molecule has 2 N–H and O–H groups in total. The maximum atomic E-state index is 5.56. The summed E-state index contributed by atoms with van der Waals surface area (Å²) in [6.07, 6.45) is 0. The summed E-state index contributed by atoms with van der Waals surface area (Å²) >= 11 is 1.81. The minimum absolute atomic E-state index is 0.303. The van der Waals surface area contributed by atoms with E-state index in [2.05, 4.69) is 76.2 Å². The van der Waals surface area contributed by atoms with Gasteiger partial charge < -0.3 is 15.4 Å². The first-order valence-electron chi connectivity index (χ1n) is 10.0. The maximum Gasteiger partial charge on any atom is 0.191 e. The Labute approximate surface area is 172 Å². The van der Waals surface area contributed by atoms with E-state index < -0.39 is 0 Å². The number of morpholine rings is 1. The molecule has 2 atom stereocenters. The summed E-state index contributed by atoms with van der Waals surface area (Å²) < 4.78 is 5.56. The summed E-state index contributed by atoms with van der Waals surface area (Å²) in [5.74, 6) is 1.32. The van der Waals surface area contributed by atoms with Gasteiger partial charge in [0.1, 0.15) is 0 Å². The van der Waals surface area contributed by atoms with Crippen LogP contribution >= 0.6 is 11.3 Å². The zero-order chi connectivity index (χ0) is 19.8. The molecule has 0 radical (unpaired) electrons. The fourth-order valence-electron chi connectivity index (χ4n) is 3.56. The largest absolute Gasteiger partial charge is 0.379 e. The molecule has 152 valence electrons. The lowest BCUT2D eigenvalue weighted by Crippen LogP contribution is -2.46. The van der Waals surface area contributed by atoms with Gasteiger partial charge in [0.05, 0.1) is 19.3 Å². The molecule has 1 aliphatic heterocycles. The van der Waals surface area contributed by atoms with Gasteiger partial charge in [-0.2, -0.15) is 0 Å². The van der Waals surface area contributed by atoms with Crippen molar-refractivity contribution in [3.05, 3.63) is 57.8 Å². The number of rotatable bonds is 7. The van der Waals surface area contributed by atoms with Gasteiger partial charge in [0.2, 0.25) is 0 Å². The third-order valence-corrected chi connectivity index (χ3v) is 6.31. The first-order chi connectivity index (χ1) is 13.7. The van der Waals surface area contributed by atoms with Crippen LogP contribution in [0.2, 0.25) is 0 Å². The second-order valence-corrected chi connectivity index (χ2v) is 8.31. The predicted octanol–water partition coefficient (Wildman–Crippen LogP) is 3.40. The van der Waals surface area contributed by atoms with Gasteiger partial charge in [0.25, 0.3) is 0 Å². The minimum atomic E-state index is 0.303. The summed E-state index contributed by atoms with van der Waals surface area (Å²) in [5.41, 5.74) is 2.64. The first kappa shape index (κ1) is 20.8. The van der Waals surface area contributed by atoms with Gasteiger partial charge in [0.15, 0.2) is 5.96 Å². The Morgan fingerprint density at radius 3 is 2.64 bits per heavy atom. The highest BCUT2D eigenvalue weighted by molar-refractivity contribution is 7.10. The van der Waals surface area contributed by atoms with Crippen molar-refractivity contribution in [1.82, 2.24) is 15.5 Å². The van der Waals surface area contributed by atoms with Crippen LogP contribution in [0.5, 0.6) is 0 Å². The number of hydrogen-bond acceptors (Lipinski definition) is 4. The van der Waals surface area contributed by atoms with Crippen LogP contribution in [-0.2, 0) is 4.74 Å². The topological polar surface area (TPSA) is 48.9 Å². The van der Waals surface area contributed by atoms with Crippen LogP contribution in [0.4, 0.5) is 0 Å². The Kier molecular flexibility index (Phi) is 7.89. The Morgan fingerprint density at radius 2 is 1.96 bits per heavy atom. The first-order valence-corrected chi connectivity index (χ1v) is 10.9. The van der Waals surface area contributed by atoms with Crippen molar-refractivity contribution in [3.63, 3.8) is 0 Å². The fourth-order valence-corrected chi connectivity index (χ4v) is 4.35. The molecule has 0 aliphatic carbocycles. The van der Waals surface area contributed by atoms with Crippen LogP contribution in [0, 0.1) is 6.92 Å². The van der Waals surface area contributed by atoms with Crippen molar-refractivity contribution >= 4 is 17.3 Å². The maximum absolute atomic E-state index is 5.56. The molecule has 6 heteroatoms. The number of nitrogens with one attached hydrogen (secondary N) is 2. The summed E-state index contributed by atoms with van der Waals surface area (Å²) in [7, 11) is 1.83. The van der Waals surface area contributed by atoms with Crippen LogP contribution in [0.3, 0.4) is 0 Å². The number of guanidine groups is 1. The molecule has 2 heterocycles.